The molecule has 0 aliphatic carbocycles. The number of hydrogen-bond donors (Lipinski definition) is 1. The molecular formula is C12H22N4. The molecule has 0 unspecified atom stereocenters. The predicted octanol–water partition coefficient (Wildman–Crippen LogP) is 1.26. The van der Waals surface area contributed by atoms with Crippen molar-refractivity contribution in [2.24, 2.45) is 0 Å². The van der Waals surface area contributed by atoms with Gasteiger partial charge in [-0.05, 0) is 33.4 Å². The van der Waals surface area contributed by atoms with Crippen molar-refractivity contribution >= 4 is 0 Å². The van der Waals surface area contributed by atoms with Crippen molar-refractivity contribution in [1.29, 1.82) is 0 Å². The van der Waals surface area contributed by atoms with Gasteiger partial charge in [0.2, 0.25) is 0 Å². The predicted molar refractivity (Wildman–Crippen MR) is 65.4 cm³/mol. The lowest BCUT2D eigenvalue weighted by molar-refractivity contribution is 0.284. The molecule has 1 aliphatic rings. The lowest BCUT2D eigenvalue weighted by Crippen LogP contribution is -2.27. The van der Waals surface area contributed by atoms with Crippen molar-refractivity contribution in [3.8, 4) is 0 Å². The number of nitrogens with zero attached hydrogens (tertiary/aromatic N) is 3. The van der Waals surface area contributed by atoms with Crippen LogP contribution in [-0.4, -0.2) is 40.9 Å². The molecule has 16 heavy (non-hydrogen) atoms. The molecule has 90 valence electrons. The van der Waals surface area contributed by atoms with Crippen molar-refractivity contribution in [1.82, 2.24) is 20.0 Å². The third-order valence-corrected chi connectivity index (χ3v) is 3.02. The van der Waals surface area contributed by atoms with Gasteiger partial charge in [-0.15, -0.1) is 0 Å². The van der Waals surface area contributed by atoms with E-state index in [2.05, 4.69) is 35.4 Å². The molecule has 1 aliphatic heterocycles. The Morgan fingerprint density at radius 3 is 3.00 bits per heavy atom. The fourth-order valence-corrected chi connectivity index (χ4v) is 2.06. The molecule has 0 amide bonds. The Kier molecular flexibility index (Phi) is 3.96. The third-order valence-electron chi connectivity index (χ3n) is 3.02. The van der Waals surface area contributed by atoms with Crippen LogP contribution >= 0.6 is 0 Å². The summed E-state index contributed by atoms with van der Waals surface area (Å²) < 4.78 is 2.03. The molecule has 2 rings (SSSR count). The minimum Gasteiger partial charge on any atom is -0.315 e. The first kappa shape index (κ1) is 11.6. The van der Waals surface area contributed by atoms with Gasteiger partial charge in [0.1, 0.15) is 0 Å². The molecule has 1 N–H and O–H groups in total. The van der Waals surface area contributed by atoms with E-state index in [0.717, 1.165) is 26.2 Å². The van der Waals surface area contributed by atoms with E-state index in [9.17, 15) is 0 Å². The lowest BCUT2D eigenvalue weighted by atomic mass is 10.3. The Morgan fingerprint density at radius 1 is 1.38 bits per heavy atom. The van der Waals surface area contributed by atoms with Crippen LogP contribution in [0.25, 0.3) is 0 Å². The van der Waals surface area contributed by atoms with E-state index in [1.165, 1.54) is 18.5 Å². The van der Waals surface area contributed by atoms with Gasteiger partial charge < -0.3 is 5.32 Å². The van der Waals surface area contributed by atoms with Gasteiger partial charge in [-0.3, -0.25) is 9.58 Å². The Morgan fingerprint density at radius 2 is 2.25 bits per heavy atom. The lowest BCUT2D eigenvalue weighted by Gasteiger charge is -2.18. The van der Waals surface area contributed by atoms with Gasteiger partial charge in [0, 0.05) is 37.4 Å². The van der Waals surface area contributed by atoms with Crippen LogP contribution in [0, 0.1) is 0 Å². The number of rotatable bonds is 3. The van der Waals surface area contributed by atoms with Crippen molar-refractivity contribution in [3.05, 3.63) is 18.0 Å². The topological polar surface area (TPSA) is 33.1 Å². The molecule has 0 spiro atoms. The van der Waals surface area contributed by atoms with E-state index in [1.54, 1.807) is 0 Å². The minimum atomic E-state index is 0.458. The summed E-state index contributed by atoms with van der Waals surface area (Å²) in [5.74, 6) is 0. The zero-order valence-electron chi connectivity index (χ0n) is 10.3. The highest BCUT2D eigenvalue weighted by Crippen LogP contribution is 2.08. The Bertz CT molecular complexity index is 311. The first-order valence-electron chi connectivity index (χ1n) is 6.22. The molecule has 0 bridgehead atoms. The van der Waals surface area contributed by atoms with E-state index >= 15 is 0 Å². The van der Waals surface area contributed by atoms with Crippen LogP contribution in [0.15, 0.2) is 12.4 Å². The zero-order chi connectivity index (χ0) is 11.4. The SMILES string of the molecule is CC(C)n1cc(CN2CCCNCC2)cn1. The van der Waals surface area contributed by atoms with E-state index in [-0.39, 0.29) is 0 Å². The van der Waals surface area contributed by atoms with E-state index in [0.29, 0.717) is 6.04 Å². The van der Waals surface area contributed by atoms with Gasteiger partial charge in [-0.1, -0.05) is 0 Å². The maximum Gasteiger partial charge on any atom is 0.0534 e. The smallest absolute Gasteiger partial charge is 0.0534 e. The second-order valence-electron chi connectivity index (χ2n) is 4.80. The maximum atomic E-state index is 4.38. The zero-order valence-corrected chi connectivity index (χ0v) is 10.3. The number of nitrogens with one attached hydrogen (secondary N) is 1. The van der Waals surface area contributed by atoms with Crippen LogP contribution in [0.3, 0.4) is 0 Å². The van der Waals surface area contributed by atoms with Crippen LogP contribution in [0.5, 0.6) is 0 Å². The molecule has 0 radical (unpaired) electrons. The molecule has 2 heterocycles. The van der Waals surface area contributed by atoms with Crippen LogP contribution in [0.2, 0.25) is 0 Å². The summed E-state index contributed by atoms with van der Waals surface area (Å²) in [4.78, 5) is 2.50. The third kappa shape index (κ3) is 3.06. The Balaban J connectivity index is 1.91. The highest BCUT2D eigenvalue weighted by Gasteiger charge is 2.10. The Hall–Kier alpha value is -0.870. The van der Waals surface area contributed by atoms with Gasteiger partial charge in [-0.2, -0.15) is 5.10 Å². The molecular weight excluding hydrogens is 200 g/mol. The van der Waals surface area contributed by atoms with Crippen LogP contribution in [-0.2, 0) is 6.54 Å². The molecule has 1 fully saturated rings. The van der Waals surface area contributed by atoms with Crippen molar-refractivity contribution < 1.29 is 0 Å². The van der Waals surface area contributed by atoms with Gasteiger partial charge in [0.25, 0.3) is 0 Å². The number of aromatic nitrogens is 2. The van der Waals surface area contributed by atoms with Crippen LogP contribution in [0.4, 0.5) is 0 Å². The summed E-state index contributed by atoms with van der Waals surface area (Å²) in [5.41, 5.74) is 1.33. The highest BCUT2D eigenvalue weighted by molar-refractivity contribution is 5.04. The average molecular weight is 222 g/mol. The Labute approximate surface area is 97.6 Å². The molecule has 1 aromatic heterocycles. The highest BCUT2D eigenvalue weighted by atomic mass is 15.3. The van der Waals surface area contributed by atoms with Gasteiger partial charge >= 0.3 is 0 Å². The van der Waals surface area contributed by atoms with Crippen molar-refractivity contribution in [2.75, 3.05) is 26.2 Å². The standard InChI is InChI=1S/C12H22N4/c1-11(2)16-10-12(8-14-16)9-15-6-3-4-13-5-7-15/h8,10-11,13H,3-7,9H2,1-2H3. The molecule has 0 atom stereocenters. The summed E-state index contributed by atoms with van der Waals surface area (Å²) in [6.07, 6.45) is 5.42. The van der Waals surface area contributed by atoms with E-state index < -0.39 is 0 Å². The molecule has 0 saturated carbocycles. The summed E-state index contributed by atoms with van der Waals surface area (Å²) in [7, 11) is 0. The molecule has 4 nitrogen and oxygen atoms in total. The van der Waals surface area contributed by atoms with E-state index in [4.69, 9.17) is 0 Å². The second-order valence-corrected chi connectivity index (χ2v) is 4.80. The normalized spacial score (nSPS) is 18.9. The number of hydrogen-bond acceptors (Lipinski definition) is 3. The largest absolute Gasteiger partial charge is 0.315 e. The van der Waals surface area contributed by atoms with E-state index in [1.807, 2.05) is 10.9 Å². The summed E-state index contributed by atoms with van der Waals surface area (Å²) in [5, 5.41) is 7.80. The molecule has 4 heteroatoms. The van der Waals surface area contributed by atoms with Gasteiger partial charge in [-0.25, -0.2) is 0 Å². The first-order valence-corrected chi connectivity index (χ1v) is 6.22. The molecule has 0 aromatic carbocycles. The van der Waals surface area contributed by atoms with Gasteiger partial charge in [0.15, 0.2) is 0 Å². The fourth-order valence-electron chi connectivity index (χ4n) is 2.06. The van der Waals surface area contributed by atoms with Crippen LogP contribution < -0.4 is 5.32 Å². The molecule has 1 aromatic rings. The first-order chi connectivity index (χ1) is 7.75. The second kappa shape index (κ2) is 5.46. The quantitative estimate of drug-likeness (QED) is 0.836. The van der Waals surface area contributed by atoms with Crippen LogP contribution in [0.1, 0.15) is 31.9 Å². The van der Waals surface area contributed by atoms with Gasteiger partial charge in [0.05, 0.1) is 6.20 Å². The fraction of sp³-hybridized carbons (Fsp3) is 0.750. The minimum absolute atomic E-state index is 0.458. The summed E-state index contributed by atoms with van der Waals surface area (Å²) in [6.45, 7) is 9.96. The van der Waals surface area contributed by atoms with Crippen molar-refractivity contribution in [2.45, 2.75) is 32.9 Å². The summed E-state index contributed by atoms with van der Waals surface area (Å²) >= 11 is 0. The maximum absolute atomic E-state index is 4.38. The monoisotopic (exact) mass is 222 g/mol. The summed E-state index contributed by atoms with van der Waals surface area (Å²) in [6, 6.07) is 0.458. The van der Waals surface area contributed by atoms with Crippen molar-refractivity contribution in [3.63, 3.8) is 0 Å². The molecule has 1 saturated heterocycles. The average Bonchev–Trinajstić information content (AvgIpc) is 2.56.